The van der Waals surface area contributed by atoms with E-state index in [-0.39, 0.29) is 0 Å². The maximum Gasteiger partial charge on any atom is 0.143 e. The van der Waals surface area contributed by atoms with Crippen LogP contribution in [0, 0.1) is 0 Å². The number of hydrogen-bond donors (Lipinski definition) is 0. The average molecular weight is 191 g/mol. The summed E-state index contributed by atoms with van der Waals surface area (Å²) in [6.07, 6.45) is 0. The van der Waals surface area contributed by atoms with Crippen molar-refractivity contribution in [2.45, 2.75) is 13.8 Å². The molecule has 0 atom stereocenters. The maximum absolute atomic E-state index is 5.46. The fourth-order valence-corrected chi connectivity index (χ4v) is 1.28. The minimum atomic E-state index is 0.591. The van der Waals surface area contributed by atoms with Crippen molar-refractivity contribution in [1.29, 1.82) is 0 Å². The summed E-state index contributed by atoms with van der Waals surface area (Å²) in [5, 5.41) is 0. The van der Waals surface area contributed by atoms with Crippen molar-refractivity contribution in [2.75, 3.05) is 18.6 Å². The highest BCUT2D eigenvalue weighted by molar-refractivity contribution is 5.63. The molecule has 0 radical (unpaired) electrons. The van der Waals surface area contributed by atoms with E-state index in [1.165, 1.54) is 0 Å². The van der Waals surface area contributed by atoms with Crippen molar-refractivity contribution in [3.05, 3.63) is 36.5 Å². The zero-order valence-electron chi connectivity index (χ0n) is 9.08. The predicted molar refractivity (Wildman–Crippen MR) is 60.8 cm³/mol. The minimum absolute atomic E-state index is 0.591. The molecule has 1 aromatic rings. The predicted octanol–water partition coefficient (Wildman–Crippen LogP) is 3.06. The quantitative estimate of drug-likeness (QED) is 0.625. The van der Waals surface area contributed by atoms with Crippen LogP contribution in [0.15, 0.2) is 36.5 Å². The van der Waals surface area contributed by atoms with Gasteiger partial charge in [0, 0.05) is 12.7 Å². The standard InChI is InChI=1S/C10H11NO.C2H6/c1-8-7-12-10-6-4-3-5-9(10)11(8)2;1-2/h3-6H,1,7H2,2H3;1-2H3. The molecule has 14 heavy (non-hydrogen) atoms. The van der Waals surface area contributed by atoms with Crippen LogP contribution in [0.3, 0.4) is 0 Å². The van der Waals surface area contributed by atoms with Gasteiger partial charge < -0.3 is 9.64 Å². The first-order valence-corrected chi connectivity index (χ1v) is 4.92. The van der Waals surface area contributed by atoms with Crippen molar-refractivity contribution >= 4 is 5.69 Å². The summed E-state index contributed by atoms with van der Waals surface area (Å²) in [4.78, 5) is 2.05. The number of fused-ring (bicyclic) bond motifs is 1. The zero-order valence-corrected chi connectivity index (χ0v) is 9.08. The fraction of sp³-hybridized carbons (Fsp3) is 0.333. The minimum Gasteiger partial charge on any atom is -0.485 e. The van der Waals surface area contributed by atoms with Crippen LogP contribution in [-0.2, 0) is 0 Å². The second-order valence-electron chi connectivity index (χ2n) is 2.88. The highest BCUT2D eigenvalue weighted by Crippen LogP contribution is 2.32. The number of nitrogens with zero attached hydrogens (tertiary/aromatic N) is 1. The van der Waals surface area contributed by atoms with Crippen LogP contribution in [0.4, 0.5) is 5.69 Å². The summed E-state index contributed by atoms with van der Waals surface area (Å²) in [6.45, 7) is 8.49. The molecular formula is C12H17NO. The molecule has 0 N–H and O–H groups in total. The maximum atomic E-state index is 5.46. The molecule has 2 rings (SSSR count). The summed E-state index contributed by atoms with van der Waals surface area (Å²) in [5.74, 6) is 0.937. The summed E-state index contributed by atoms with van der Waals surface area (Å²) < 4.78 is 5.46. The number of benzene rings is 1. The topological polar surface area (TPSA) is 12.5 Å². The van der Waals surface area contributed by atoms with E-state index in [0.29, 0.717) is 6.61 Å². The molecule has 0 bridgehead atoms. The third-order valence-electron chi connectivity index (χ3n) is 2.10. The molecule has 1 aliphatic heterocycles. The number of likely N-dealkylation sites (N-methyl/N-ethyl adjacent to an activating group) is 1. The first kappa shape index (κ1) is 10.6. The van der Waals surface area contributed by atoms with Crippen LogP contribution in [0.25, 0.3) is 0 Å². The van der Waals surface area contributed by atoms with Gasteiger partial charge in [-0.2, -0.15) is 0 Å². The smallest absolute Gasteiger partial charge is 0.143 e. The molecule has 1 aromatic carbocycles. The van der Waals surface area contributed by atoms with Gasteiger partial charge in [0.05, 0.1) is 5.69 Å². The third kappa shape index (κ3) is 1.90. The molecule has 0 saturated carbocycles. The molecule has 2 heteroatoms. The van der Waals surface area contributed by atoms with Gasteiger partial charge >= 0.3 is 0 Å². The summed E-state index contributed by atoms with van der Waals surface area (Å²) in [6, 6.07) is 7.97. The van der Waals surface area contributed by atoms with Crippen LogP contribution < -0.4 is 9.64 Å². The molecule has 1 heterocycles. The highest BCUT2D eigenvalue weighted by Gasteiger charge is 2.16. The SMILES string of the molecule is C=C1COc2ccccc2N1C.CC. The van der Waals surface area contributed by atoms with E-state index in [1.54, 1.807) is 0 Å². The second-order valence-corrected chi connectivity index (χ2v) is 2.88. The summed E-state index contributed by atoms with van der Waals surface area (Å²) in [5.41, 5.74) is 2.09. The normalized spacial score (nSPS) is 13.6. The number of rotatable bonds is 0. The Morgan fingerprint density at radius 2 is 1.93 bits per heavy atom. The Kier molecular flexibility index (Phi) is 3.57. The van der Waals surface area contributed by atoms with Gasteiger partial charge in [-0.05, 0) is 12.1 Å². The monoisotopic (exact) mass is 191 g/mol. The lowest BCUT2D eigenvalue weighted by molar-refractivity contribution is 0.338. The molecule has 2 nitrogen and oxygen atoms in total. The number of ether oxygens (including phenoxy) is 1. The van der Waals surface area contributed by atoms with Gasteiger partial charge in [0.25, 0.3) is 0 Å². The number of anilines is 1. The Labute approximate surface area is 85.8 Å². The highest BCUT2D eigenvalue weighted by atomic mass is 16.5. The second kappa shape index (κ2) is 4.70. The largest absolute Gasteiger partial charge is 0.485 e. The summed E-state index contributed by atoms with van der Waals surface area (Å²) >= 11 is 0. The van der Waals surface area contributed by atoms with Crippen molar-refractivity contribution in [2.24, 2.45) is 0 Å². The van der Waals surface area contributed by atoms with E-state index in [4.69, 9.17) is 4.74 Å². The van der Waals surface area contributed by atoms with Crippen molar-refractivity contribution in [1.82, 2.24) is 0 Å². The van der Waals surface area contributed by atoms with Gasteiger partial charge in [-0.15, -0.1) is 0 Å². The van der Waals surface area contributed by atoms with Crippen molar-refractivity contribution < 1.29 is 4.74 Å². The first-order chi connectivity index (χ1) is 6.79. The summed E-state index contributed by atoms with van der Waals surface area (Å²) in [7, 11) is 2.00. The lowest BCUT2D eigenvalue weighted by atomic mass is 10.2. The fourth-order valence-electron chi connectivity index (χ4n) is 1.28. The Bertz CT molecular complexity index is 320. The molecule has 0 unspecified atom stereocenters. The van der Waals surface area contributed by atoms with Gasteiger partial charge in [-0.25, -0.2) is 0 Å². The van der Waals surface area contributed by atoms with E-state index in [0.717, 1.165) is 17.1 Å². The van der Waals surface area contributed by atoms with Crippen molar-refractivity contribution in [3.63, 3.8) is 0 Å². The molecule has 76 valence electrons. The van der Waals surface area contributed by atoms with E-state index in [9.17, 15) is 0 Å². The van der Waals surface area contributed by atoms with E-state index in [2.05, 4.69) is 11.5 Å². The molecule has 0 fully saturated rings. The Balaban J connectivity index is 0.000000461. The van der Waals surface area contributed by atoms with Gasteiger partial charge in [0.1, 0.15) is 12.4 Å². The Morgan fingerprint density at radius 1 is 1.29 bits per heavy atom. The van der Waals surface area contributed by atoms with E-state index >= 15 is 0 Å². The Hall–Kier alpha value is -1.44. The van der Waals surface area contributed by atoms with Gasteiger partial charge in [0.2, 0.25) is 0 Å². The van der Waals surface area contributed by atoms with Gasteiger partial charge in [0.15, 0.2) is 0 Å². The molecule has 0 aliphatic carbocycles. The molecule has 0 amide bonds. The molecular weight excluding hydrogens is 174 g/mol. The number of hydrogen-bond acceptors (Lipinski definition) is 2. The zero-order chi connectivity index (χ0) is 10.6. The van der Waals surface area contributed by atoms with Crippen molar-refractivity contribution in [3.8, 4) is 5.75 Å². The van der Waals surface area contributed by atoms with E-state index < -0.39 is 0 Å². The molecule has 0 saturated heterocycles. The lowest BCUT2D eigenvalue weighted by Gasteiger charge is -2.29. The number of para-hydroxylation sites is 2. The molecule has 0 spiro atoms. The van der Waals surface area contributed by atoms with Crippen LogP contribution in [0.2, 0.25) is 0 Å². The lowest BCUT2D eigenvalue weighted by Crippen LogP contribution is -2.25. The first-order valence-electron chi connectivity index (χ1n) is 4.92. The average Bonchev–Trinajstić information content (AvgIpc) is 2.27. The van der Waals surface area contributed by atoms with Crippen LogP contribution >= 0.6 is 0 Å². The molecule has 0 aromatic heterocycles. The van der Waals surface area contributed by atoms with Crippen LogP contribution in [0.5, 0.6) is 5.75 Å². The molecule has 1 aliphatic rings. The van der Waals surface area contributed by atoms with E-state index in [1.807, 2.05) is 45.2 Å². The van der Waals surface area contributed by atoms with Gasteiger partial charge in [-0.1, -0.05) is 32.6 Å². The third-order valence-corrected chi connectivity index (χ3v) is 2.10. The Morgan fingerprint density at radius 3 is 2.64 bits per heavy atom. The van der Waals surface area contributed by atoms with Gasteiger partial charge in [-0.3, -0.25) is 0 Å². The van der Waals surface area contributed by atoms with Crippen LogP contribution in [-0.4, -0.2) is 13.7 Å². The van der Waals surface area contributed by atoms with Crippen LogP contribution in [0.1, 0.15) is 13.8 Å².